The first-order chi connectivity index (χ1) is 7.20. The van der Waals surface area contributed by atoms with Crippen molar-refractivity contribution >= 4 is 17.5 Å². The van der Waals surface area contributed by atoms with Crippen molar-refractivity contribution in [1.82, 2.24) is 19.6 Å². The molecule has 80 valence electrons. The average molecular weight is 224 g/mol. The number of hydrogen-bond acceptors (Lipinski definition) is 5. The van der Waals surface area contributed by atoms with Crippen LogP contribution in [-0.2, 0) is 0 Å². The summed E-state index contributed by atoms with van der Waals surface area (Å²) < 4.78 is 1.71. The largest absolute Gasteiger partial charge is 0.396 e. The molecule has 0 aliphatic rings. The highest BCUT2D eigenvalue weighted by Crippen LogP contribution is 2.14. The minimum Gasteiger partial charge on any atom is -0.396 e. The molecule has 6 heteroatoms. The van der Waals surface area contributed by atoms with Crippen LogP contribution in [0.5, 0.6) is 0 Å². The molecule has 0 bridgehead atoms. The second-order valence-corrected chi connectivity index (χ2v) is 4.28. The van der Waals surface area contributed by atoms with Gasteiger partial charge in [0.2, 0.25) is 5.16 Å². The highest BCUT2D eigenvalue weighted by atomic mass is 32.2. The molecule has 0 saturated heterocycles. The number of fused-ring (bicyclic) bond motifs is 1. The SMILES string of the molecule is Cc1cc(C)n2nc(SCCO)nc2n1. The molecule has 5 nitrogen and oxygen atoms in total. The maximum atomic E-state index is 8.70. The van der Waals surface area contributed by atoms with Crippen molar-refractivity contribution < 1.29 is 5.11 Å². The molecular formula is C9H12N4OS. The van der Waals surface area contributed by atoms with Gasteiger partial charge in [-0.25, -0.2) is 9.50 Å². The number of aromatic nitrogens is 4. The number of nitrogens with zero attached hydrogens (tertiary/aromatic N) is 4. The van der Waals surface area contributed by atoms with E-state index in [1.165, 1.54) is 11.8 Å². The maximum absolute atomic E-state index is 8.70. The molecule has 0 fully saturated rings. The summed E-state index contributed by atoms with van der Waals surface area (Å²) >= 11 is 1.43. The van der Waals surface area contributed by atoms with Crippen LogP contribution in [-0.4, -0.2) is 37.0 Å². The smallest absolute Gasteiger partial charge is 0.253 e. The summed E-state index contributed by atoms with van der Waals surface area (Å²) in [5.74, 6) is 1.22. The second-order valence-electron chi connectivity index (χ2n) is 3.22. The van der Waals surface area contributed by atoms with Crippen LogP contribution in [0.15, 0.2) is 11.2 Å². The van der Waals surface area contributed by atoms with Gasteiger partial charge in [0.25, 0.3) is 5.78 Å². The monoisotopic (exact) mass is 224 g/mol. The van der Waals surface area contributed by atoms with E-state index >= 15 is 0 Å². The number of aliphatic hydroxyl groups excluding tert-OH is 1. The lowest BCUT2D eigenvalue weighted by Gasteiger charge is -1.97. The van der Waals surface area contributed by atoms with Gasteiger partial charge in [-0.15, -0.1) is 5.10 Å². The van der Waals surface area contributed by atoms with Crippen molar-refractivity contribution in [2.75, 3.05) is 12.4 Å². The molecular weight excluding hydrogens is 212 g/mol. The van der Waals surface area contributed by atoms with Gasteiger partial charge >= 0.3 is 0 Å². The fraction of sp³-hybridized carbons (Fsp3) is 0.444. The molecule has 2 aromatic heterocycles. The Bertz CT molecular complexity index is 482. The third-order valence-corrected chi connectivity index (χ3v) is 2.74. The Labute approximate surface area is 91.6 Å². The molecule has 0 amide bonds. The van der Waals surface area contributed by atoms with E-state index in [0.717, 1.165) is 11.4 Å². The summed E-state index contributed by atoms with van der Waals surface area (Å²) in [6.45, 7) is 4.03. The topological polar surface area (TPSA) is 63.3 Å². The van der Waals surface area contributed by atoms with Gasteiger partial charge < -0.3 is 5.11 Å². The van der Waals surface area contributed by atoms with Crippen LogP contribution in [0.2, 0.25) is 0 Å². The zero-order chi connectivity index (χ0) is 10.8. The van der Waals surface area contributed by atoms with Crippen molar-refractivity contribution in [2.45, 2.75) is 19.0 Å². The summed E-state index contributed by atoms with van der Waals surface area (Å²) in [5, 5.41) is 13.6. The predicted octanol–water partition coefficient (Wildman–Crippen LogP) is 0.826. The first-order valence-electron chi connectivity index (χ1n) is 4.65. The quantitative estimate of drug-likeness (QED) is 0.782. The Morgan fingerprint density at radius 1 is 1.40 bits per heavy atom. The first-order valence-corrected chi connectivity index (χ1v) is 5.64. The van der Waals surface area contributed by atoms with Gasteiger partial charge in [0.1, 0.15) is 0 Å². The van der Waals surface area contributed by atoms with E-state index in [9.17, 15) is 0 Å². The zero-order valence-electron chi connectivity index (χ0n) is 8.64. The molecule has 2 rings (SSSR count). The van der Waals surface area contributed by atoms with E-state index in [0.29, 0.717) is 16.7 Å². The van der Waals surface area contributed by atoms with Gasteiger partial charge in [-0.05, 0) is 19.9 Å². The average Bonchev–Trinajstić information content (AvgIpc) is 2.57. The molecule has 2 aromatic rings. The van der Waals surface area contributed by atoms with Gasteiger partial charge in [-0.1, -0.05) is 11.8 Å². The molecule has 0 spiro atoms. The summed E-state index contributed by atoms with van der Waals surface area (Å²) in [6.07, 6.45) is 0. The summed E-state index contributed by atoms with van der Waals surface area (Å²) in [5.41, 5.74) is 1.95. The normalized spacial score (nSPS) is 11.1. The third kappa shape index (κ3) is 2.10. The zero-order valence-corrected chi connectivity index (χ0v) is 9.45. The van der Waals surface area contributed by atoms with Gasteiger partial charge in [-0.2, -0.15) is 4.98 Å². The summed E-state index contributed by atoms with van der Waals surface area (Å²) in [6, 6.07) is 1.96. The lowest BCUT2D eigenvalue weighted by Crippen LogP contribution is -1.97. The molecule has 15 heavy (non-hydrogen) atoms. The second kappa shape index (κ2) is 4.16. The first kappa shape index (κ1) is 10.4. The number of aryl methyl sites for hydroxylation is 2. The van der Waals surface area contributed by atoms with Crippen molar-refractivity contribution in [3.63, 3.8) is 0 Å². The fourth-order valence-corrected chi connectivity index (χ4v) is 1.91. The van der Waals surface area contributed by atoms with Crippen molar-refractivity contribution in [3.8, 4) is 0 Å². The van der Waals surface area contributed by atoms with Crippen LogP contribution < -0.4 is 0 Å². The van der Waals surface area contributed by atoms with Gasteiger partial charge in [0.15, 0.2) is 0 Å². The molecule has 0 aromatic carbocycles. The van der Waals surface area contributed by atoms with Gasteiger partial charge in [0.05, 0.1) is 6.61 Å². The Kier molecular flexibility index (Phi) is 2.88. The van der Waals surface area contributed by atoms with E-state index in [1.807, 2.05) is 19.9 Å². The van der Waals surface area contributed by atoms with E-state index in [2.05, 4.69) is 15.1 Å². The molecule has 1 N–H and O–H groups in total. The Hall–Kier alpha value is -1.14. The molecule has 0 radical (unpaired) electrons. The standard InChI is InChI=1S/C9H12N4OS/c1-6-5-7(2)13-8(10-6)11-9(12-13)15-4-3-14/h5,14H,3-4H2,1-2H3. The highest BCUT2D eigenvalue weighted by Gasteiger charge is 2.07. The van der Waals surface area contributed by atoms with E-state index < -0.39 is 0 Å². The molecule has 0 saturated carbocycles. The maximum Gasteiger partial charge on any atom is 0.253 e. The minimum absolute atomic E-state index is 0.131. The fourth-order valence-electron chi connectivity index (χ4n) is 1.35. The lowest BCUT2D eigenvalue weighted by molar-refractivity contribution is 0.322. The Morgan fingerprint density at radius 2 is 2.20 bits per heavy atom. The highest BCUT2D eigenvalue weighted by molar-refractivity contribution is 7.99. The van der Waals surface area contributed by atoms with Crippen LogP contribution in [0.4, 0.5) is 0 Å². The Morgan fingerprint density at radius 3 is 2.93 bits per heavy atom. The minimum atomic E-state index is 0.131. The molecule has 0 unspecified atom stereocenters. The lowest BCUT2D eigenvalue weighted by atomic mass is 10.4. The third-order valence-electron chi connectivity index (χ3n) is 1.92. The van der Waals surface area contributed by atoms with E-state index in [1.54, 1.807) is 4.52 Å². The number of aliphatic hydroxyl groups is 1. The molecule has 0 aliphatic heterocycles. The van der Waals surface area contributed by atoms with E-state index in [4.69, 9.17) is 5.11 Å². The van der Waals surface area contributed by atoms with Gasteiger partial charge in [-0.3, -0.25) is 0 Å². The van der Waals surface area contributed by atoms with Crippen molar-refractivity contribution in [2.24, 2.45) is 0 Å². The van der Waals surface area contributed by atoms with Crippen LogP contribution in [0.1, 0.15) is 11.4 Å². The van der Waals surface area contributed by atoms with E-state index in [-0.39, 0.29) is 6.61 Å². The number of rotatable bonds is 3. The van der Waals surface area contributed by atoms with Crippen molar-refractivity contribution in [3.05, 3.63) is 17.5 Å². The van der Waals surface area contributed by atoms with Crippen molar-refractivity contribution in [1.29, 1.82) is 0 Å². The van der Waals surface area contributed by atoms with Crippen LogP contribution in [0, 0.1) is 13.8 Å². The van der Waals surface area contributed by atoms with Gasteiger partial charge in [0, 0.05) is 17.1 Å². The number of thioether (sulfide) groups is 1. The Balaban J connectivity index is 2.41. The molecule has 0 atom stereocenters. The van der Waals surface area contributed by atoms with Crippen LogP contribution >= 0.6 is 11.8 Å². The molecule has 2 heterocycles. The molecule has 0 aliphatic carbocycles. The summed E-state index contributed by atoms with van der Waals surface area (Å²) in [4.78, 5) is 8.54. The van der Waals surface area contributed by atoms with Crippen LogP contribution in [0.25, 0.3) is 5.78 Å². The summed E-state index contributed by atoms with van der Waals surface area (Å²) in [7, 11) is 0. The van der Waals surface area contributed by atoms with Crippen LogP contribution in [0.3, 0.4) is 0 Å². The predicted molar refractivity (Wildman–Crippen MR) is 58.1 cm³/mol. The number of hydrogen-bond donors (Lipinski definition) is 1.